The Morgan fingerprint density at radius 3 is 2.56 bits per heavy atom. The zero-order valence-corrected chi connectivity index (χ0v) is 21.2. The van der Waals surface area contributed by atoms with Gasteiger partial charge in [0.25, 0.3) is 0 Å². The molecule has 2 aliphatic heterocycles. The summed E-state index contributed by atoms with van der Waals surface area (Å²) in [4.78, 5) is 34.3. The van der Waals surface area contributed by atoms with Crippen LogP contribution in [0.3, 0.4) is 0 Å². The van der Waals surface area contributed by atoms with Crippen molar-refractivity contribution in [2.75, 3.05) is 33.0 Å². The molecule has 1 saturated heterocycles. The van der Waals surface area contributed by atoms with Gasteiger partial charge in [-0.3, -0.25) is 14.5 Å². The summed E-state index contributed by atoms with van der Waals surface area (Å²) < 4.78 is 16.4. The van der Waals surface area contributed by atoms with E-state index in [1.807, 2.05) is 23.1 Å². The average molecular weight is 500 g/mol. The number of ether oxygens (including phenoxy) is 2. The van der Waals surface area contributed by atoms with E-state index in [0.29, 0.717) is 36.8 Å². The molecule has 0 spiro atoms. The van der Waals surface area contributed by atoms with E-state index in [1.54, 1.807) is 6.20 Å². The maximum absolute atomic E-state index is 13.4. The number of rotatable bonds is 13. The Labute approximate surface area is 212 Å². The van der Waals surface area contributed by atoms with Crippen LogP contribution in [0.15, 0.2) is 35.1 Å². The van der Waals surface area contributed by atoms with Gasteiger partial charge in [-0.15, -0.1) is 0 Å². The summed E-state index contributed by atoms with van der Waals surface area (Å²) in [7, 11) is 0. The molecule has 9 heteroatoms. The van der Waals surface area contributed by atoms with Gasteiger partial charge in [0.05, 0.1) is 18.7 Å². The number of aryl methyl sites for hydroxylation is 1. The molecule has 9 nitrogen and oxygen atoms in total. The second-order valence-corrected chi connectivity index (χ2v) is 9.63. The lowest BCUT2D eigenvalue weighted by atomic mass is 9.83. The number of nitrogens with zero attached hydrogens (tertiary/aromatic N) is 3. The zero-order chi connectivity index (χ0) is 25.5. The van der Waals surface area contributed by atoms with Crippen LogP contribution in [-0.4, -0.2) is 70.8 Å². The number of hydrogen-bond acceptors (Lipinski definition) is 7. The van der Waals surface area contributed by atoms with Crippen molar-refractivity contribution in [1.82, 2.24) is 14.8 Å². The summed E-state index contributed by atoms with van der Waals surface area (Å²) in [5.74, 6) is 0.121. The summed E-state index contributed by atoms with van der Waals surface area (Å²) in [6.45, 7) is 6.55. The number of aliphatic carboxylic acids is 1. The largest absolute Gasteiger partial charge is 0.481 e. The van der Waals surface area contributed by atoms with E-state index in [9.17, 15) is 14.7 Å². The lowest BCUT2D eigenvalue weighted by molar-refractivity contribution is -0.143. The van der Waals surface area contributed by atoms with Gasteiger partial charge in [-0.1, -0.05) is 32.8 Å². The predicted molar refractivity (Wildman–Crippen MR) is 133 cm³/mol. The van der Waals surface area contributed by atoms with Gasteiger partial charge in [0.1, 0.15) is 6.26 Å². The normalized spacial score (nSPS) is 21.1. The number of amides is 1. The highest BCUT2D eigenvalue weighted by atomic mass is 16.7. The Morgan fingerprint density at radius 2 is 1.89 bits per heavy atom. The fourth-order valence-corrected chi connectivity index (χ4v) is 5.31. The van der Waals surface area contributed by atoms with Crippen molar-refractivity contribution in [2.45, 2.75) is 64.3 Å². The molecule has 1 aromatic carbocycles. The fraction of sp³-hybridized carbons (Fsp3) is 0.593. The SMILES string of the molecule is CCCCN(CCCC)C(=O)CN1C[C@H](c2ccc3c(c2)OCO3)C(C(=O)O)[C@@H]1CCc1ncco1. The Balaban J connectivity index is 1.58. The van der Waals surface area contributed by atoms with Crippen LogP contribution in [0.2, 0.25) is 0 Å². The number of carbonyl (C=O) groups is 2. The molecule has 1 unspecified atom stereocenters. The number of hydrogen-bond donors (Lipinski definition) is 1. The molecule has 1 fully saturated rings. The van der Waals surface area contributed by atoms with Gasteiger partial charge in [0, 0.05) is 38.0 Å². The minimum Gasteiger partial charge on any atom is -0.481 e. The first-order valence-electron chi connectivity index (χ1n) is 13.0. The lowest BCUT2D eigenvalue weighted by Crippen LogP contribution is -2.44. The van der Waals surface area contributed by atoms with E-state index < -0.39 is 11.9 Å². The molecule has 3 heterocycles. The summed E-state index contributed by atoms with van der Waals surface area (Å²) in [6.07, 6.45) is 8.12. The van der Waals surface area contributed by atoms with Crippen molar-refractivity contribution < 1.29 is 28.6 Å². The summed E-state index contributed by atoms with van der Waals surface area (Å²) >= 11 is 0. The van der Waals surface area contributed by atoms with Crippen molar-refractivity contribution in [1.29, 1.82) is 0 Å². The van der Waals surface area contributed by atoms with Gasteiger partial charge >= 0.3 is 5.97 Å². The quantitative estimate of drug-likeness (QED) is 0.442. The summed E-state index contributed by atoms with van der Waals surface area (Å²) in [5, 5.41) is 10.3. The molecule has 0 bridgehead atoms. The second-order valence-electron chi connectivity index (χ2n) is 9.63. The molecular formula is C27H37N3O6. The molecule has 36 heavy (non-hydrogen) atoms. The van der Waals surface area contributed by atoms with Crippen LogP contribution in [0.4, 0.5) is 0 Å². The molecule has 1 aromatic heterocycles. The Morgan fingerprint density at radius 1 is 1.14 bits per heavy atom. The first-order valence-corrected chi connectivity index (χ1v) is 13.0. The van der Waals surface area contributed by atoms with Gasteiger partial charge in [-0.2, -0.15) is 0 Å². The number of unbranched alkanes of at least 4 members (excludes halogenated alkanes) is 2. The number of likely N-dealkylation sites (tertiary alicyclic amines) is 1. The maximum atomic E-state index is 13.4. The Kier molecular flexibility index (Phi) is 8.85. The molecule has 3 atom stereocenters. The van der Waals surface area contributed by atoms with E-state index >= 15 is 0 Å². The standard InChI is InChI=1S/C27H37N3O6/c1-3-5-12-29(13-6-4-2)25(31)17-30-16-20(19-7-9-22-23(15-19)36-18-35-22)26(27(32)33)21(30)8-10-24-28-11-14-34-24/h7,9,11,14-15,20-21,26H,3-6,8,10,12-13,16-18H2,1-2H3,(H,32,33)/t20-,21+,26?/m1/s1. The first-order chi connectivity index (χ1) is 17.5. The summed E-state index contributed by atoms with van der Waals surface area (Å²) in [6, 6.07) is 5.31. The van der Waals surface area contributed by atoms with Crippen LogP contribution in [-0.2, 0) is 16.0 Å². The maximum Gasteiger partial charge on any atom is 0.308 e. The highest BCUT2D eigenvalue weighted by molar-refractivity contribution is 5.79. The smallest absolute Gasteiger partial charge is 0.308 e. The molecule has 0 radical (unpaired) electrons. The number of benzene rings is 1. The molecule has 1 amide bonds. The third-order valence-corrected chi connectivity index (χ3v) is 7.25. The number of carboxylic acids is 1. The molecule has 2 aromatic rings. The molecule has 4 rings (SSSR count). The van der Waals surface area contributed by atoms with Crippen molar-refractivity contribution >= 4 is 11.9 Å². The molecule has 2 aliphatic rings. The number of oxazole rings is 1. The van der Waals surface area contributed by atoms with Crippen molar-refractivity contribution in [3.05, 3.63) is 42.1 Å². The van der Waals surface area contributed by atoms with Crippen LogP contribution >= 0.6 is 0 Å². The minimum absolute atomic E-state index is 0.0634. The highest BCUT2D eigenvalue weighted by Crippen LogP contribution is 2.43. The predicted octanol–water partition coefficient (Wildman–Crippen LogP) is 3.93. The number of carbonyl (C=O) groups excluding carboxylic acids is 1. The Hall–Kier alpha value is -3.07. The van der Waals surface area contributed by atoms with Crippen molar-refractivity contribution in [3.63, 3.8) is 0 Å². The van der Waals surface area contributed by atoms with Gasteiger partial charge in [-0.05, 0) is 37.0 Å². The molecule has 0 aliphatic carbocycles. The topological polar surface area (TPSA) is 105 Å². The number of aromatic nitrogens is 1. The molecular weight excluding hydrogens is 462 g/mol. The number of carboxylic acid groups (broad SMARTS) is 1. The van der Waals surface area contributed by atoms with Gasteiger partial charge in [0.2, 0.25) is 12.7 Å². The van der Waals surface area contributed by atoms with Crippen LogP contribution in [0.25, 0.3) is 0 Å². The zero-order valence-electron chi connectivity index (χ0n) is 21.2. The third kappa shape index (κ3) is 6.00. The van der Waals surface area contributed by atoms with Gasteiger partial charge < -0.3 is 23.9 Å². The van der Waals surface area contributed by atoms with Crippen LogP contribution in [0.1, 0.15) is 63.3 Å². The van der Waals surface area contributed by atoms with Crippen molar-refractivity contribution in [2.24, 2.45) is 5.92 Å². The first kappa shape index (κ1) is 26.0. The van der Waals surface area contributed by atoms with E-state index in [2.05, 4.69) is 23.7 Å². The second kappa shape index (κ2) is 12.3. The van der Waals surface area contributed by atoms with Crippen LogP contribution in [0, 0.1) is 5.92 Å². The van der Waals surface area contributed by atoms with E-state index in [0.717, 1.165) is 44.3 Å². The third-order valence-electron chi connectivity index (χ3n) is 7.25. The van der Waals surface area contributed by atoms with E-state index in [4.69, 9.17) is 13.9 Å². The van der Waals surface area contributed by atoms with Crippen molar-refractivity contribution in [3.8, 4) is 11.5 Å². The highest BCUT2D eigenvalue weighted by Gasteiger charge is 2.47. The fourth-order valence-electron chi connectivity index (χ4n) is 5.31. The monoisotopic (exact) mass is 499 g/mol. The molecule has 196 valence electrons. The lowest BCUT2D eigenvalue weighted by Gasteiger charge is -2.29. The average Bonchev–Trinajstić information content (AvgIpc) is 3.62. The van der Waals surface area contributed by atoms with Crippen LogP contribution < -0.4 is 9.47 Å². The minimum atomic E-state index is -0.862. The number of fused-ring (bicyclic) bond motifs is 1. The van der Waals surface area contributed by atoms with Gasteiger partial charge in [-0.25, -0.2) is 4.98 Å². The Bertz CT molecular complexity index is 1000. The van der Waals surface area contributed by atoms with Crippen LogP contribution in [0.5, 0.6) is 11.5 Å². The summed E-state index contributed by atoms with van der Waals surface area (Å²) in [5.41, 5.74) is 0.886. The molecule has 1 N–H and O–H groups in total. The molecule has 0 saturated carbocycles. The van der Waals surface area contributed by atoms with Gasteiger partial charge in [0.15, 0.2) is 17.4 Å². The van der Waals surface area contributed by atoms with E-state index in [1.165, 1.54) is 6.26 Å². The van der Waals surface area contributed by atoms with E-state index in [-0.39, 0.29) is 31.2 Å².